The molecule has 1 amide bonds. The van der Waals surface area contributed by atoms with E-state index in [2.05, 4.69) is 0 Å². The molecule has 4 aromatic rings. The summed E-state index contributed by atoms with van der Waals surface area (Å²) in [5.41, 5.74) is 3.65. The number of para-hydroxylation sites is 2. The number of amides is 1. The lowest BCUT2D eigenvalue weighted by Gasteiger charge is -2.26. The molecule has 0 fully saturated rings. The number of benzene rings is 3. The van der Waals surface area contributed by atoms with Crippen molar-refractivity contribution >= 4 is 28.3 Å². The molecule has 1 N–H and O–H groups in total. The Morgan fingerprint density at radius 3 is 2.27 bits per heavy atom. The minimum absolute atomic E-state index is 0.163. The van der Waals surface area contributed by atoms with Crippen LogP contribution < -0.4 is 4.90 Å². The number of nitrogens with zero attached hydrogens (tertiary/aromatic N) is 2. The second-order valence-corrected chi connectivity index (χ2v) is 8.30. The summed E-state index contributed by atoms with van der Waals surface area (Å²) in [7, 11) is 1.94. The van der Waals surface area contributed by atoms with E-state index < -0.39 is 17.7 Å². The number of fused-ring (bicyclic) bond motifs is 1. The Morgan fingerprint density at radius 1 is 0.909 bits per heavy atom. The van der Waals surface area contributed by atoms with Gasteiger partial charge in [0.25, 0.3) is 5.91 Å². The van der Waals surface area contributed by atoms with Crippen molar-refractivity contribution in [3.63, 3.8) is 0 Å². The predicted octanol–water partition coefficient (Wildman–Crippen LogP) is 5.28. The molecule has 1 aliphatic rings. The van der Waals surface area contributed by atoms with Crippen LogP contribution in [0.2, 0.25) is 0 Å². The second kappa shape index (κ2) is 8.43. The molecule has 33 heavy (non-hydrogen) atoms. The molecule has 1 atom stereocenters. The number of hydrogen-bond donors (Lipinski definition) is 1. The average Bonchev–Trinajstić information content (AvgIpc) is 3.32. The minimum Gasteiger partial charge on any atom is -0.503 e. The first-order valence-electron chi connectivity index (χ1n) is 11.0. The number of ketones is 1. The van der Waals surface area contributed by atoms with Crippen molar-refractivity contribution in [1.82, 2.24) is 4.57 Å². The molecule has 0 saturated carbocycles. The number of carbonyl (C=O) groups is 2. The molecule has 0 bridgehead atoms. The predicted molar refractivity (Wildman–Crippen MR) is 129 cm³/mol. The topological polar surface area (TPSA) is 62.5 Å². The summed E-state index contributed by atoms with van der Waals surface area (Å²) >= 11 is 0. The van der Waals surface area contributed by atoms with Gasteiger partial charge in [-0.05, 0) is 30.2 Å². The highest BCUT2D eigenvalue weighted by Gasteiger charge is 2.45. The van der Waals surface area contributed by atoms with Gasteiger partial charge in [0.05, 0.1) is 11.6 Å². The van der Waals surface area contributed by atoms with Gasteiger partial charge in [-0.15, -0.1) is 0 Å². The van der Waals surface area contributed by atoms with Crippen molar-refractivity contribution < 1.29 is 14.7 Å². The van der Waals surface area contributed by atoms with Gasteiger partial charge >= 0.3 is 0 Å². The molecule has 0 radical (unpaired) electrons. The molecule has 1 aromatic heterocycles. The normalized spacial score (nSPS) is 16.1. The van der Waals surface area contributed by atoms with Gasteiger partial charge in [0.15, 0.2) is 11.5 Å². The first-order valence-corrected chi connectivity index (χ1v) is 11.0. The minimum atomic E-state index is -0.700. The quantitative estimate of drug-likeness (QED) is 0.447. The van der Waals surface area contributed by atoms with E-state index >= 15 is 0 Å². The molecular formula is C28H24N2O3. The lowest BCUT2D eigenvalue weighted by Crippen LogP contribution is -2.31. The number of carbonyl (C=O) groups excluding carboxylic acids is 2. The van der Waals surface area contributed by atoms with Crippen molar-refractivity contribution in [2.24, 2.45) is 7.05 Å². The van der Waals surface area contributed by atoms with Crippen LogP contribution in [-0.2, 0) is 23.1 Å². The second-order valence-electron chi connectivity index (χ2n) is 8.30. The van der Waals surface area contributed by atoms with E-state index in [1.165, 1.54) is 4.90 Å². The Kier molecular flexibility index (Phi) is 5.31. The highest BCUT2D eigenvalue weighted by molar-refractivity contribution is 6.17. The fraction of sp³-hybridized carbons (Fsp3) is 0.143. The van der Waals surface area contributed by atoms with Crippen LogP contribution in [0, 0.1) is 0 Å². The van der Waals surface area contributed by atoms with Gasteiger partial charge < -0.3 is 9.67 Å². The third kappa shape index (κ3) is 3.61. The summed E-state index contributed by atoms with van der Waals surface area (Å²) in [5.74, 6) is -1.24. The van der Waals surface area contributed by atoms with Crippen LogP contribution >= 0.6 is 0 Å². The molecule has 5 rings (SSSR count). The van der Waals surface area contributed by atoms with E-state index in [4.69, 9.17) is 0 Å². The molecule has 5 heteroatoms. The van der Waals surface area contributed by atoms with E-state index in [1.54, 1.807) is 0 Å². The average molecular weight is 437 g/mol. The monoisotopic (exact) mass is 436 g/mol. The summed E-state index contributed by atoms with van der Waals surface area (Å²) in [4.78, 5) is 28.3. The molecule has 0 aliphatic carbocycles. The molecule has 0 spiro atoms. The van der Waals surface area contributed by atoms with Crippen molar-refractivity contribution in [2.45, 2.75) is 18.9 Å². The Morgan fingerprint density at radius 2 is 1.55 bits per heavy atom. The molecule has 1 unspecified atom stereocenters. The van der Waals surface area contributed by atoms with Crippen LogP contribution in [0.3, 0.4) is 0 Å². The summed E-state index contributed by atoms with van der Waals surface area (Å²) in [6.45, 7) is 0. The highest BCUT2D eigenvalue weighted by atomic mass is 16.3. The molecule has 5 nitrogen and oxygen atoms in total. The number of Topliss-reactive ketones (excluding diaryl/α,β-unsaturated/α-hetero) is 1. The van der Waals surface area contributed by atoms with Crippen LogP contribution in [0.15, 0.2) is 102 Å². The van der Waals surface area contributed by atoms with Gasteiger partial charge in [0, 0.05) is 41.8 Å². The van der Waals surface area contributed by atoms with Crippen molar-refractivity contribution in [2.75, 3.05) is 4.90 Å². The third-order valence-electron chi connectivity index (χ3n) is 6.25. The number of aliphatic hydroxyl groups excluding tert-OH is 1. The molecule has 2 heterocycles. The van der Waals surface area contributed by atoms with E-state index in [0.29, 0.717) is 12.1 Å². The van der Waals surface area contributed by atoms with Crippen LogP contribution in [0.4, 0.5) is 5.69 Å². The lowest BCUT2D eigenvalue weighted by molar-refractivity contribution is -0.118. The number of rotatable bonds is 6. The smallest absolute Gasteiger partial charge is 0.294 e. The third-order valence-corrected chi connectivity index (χ3v) is 6.25. The number of aliphatic hydroxyl groups is 1. The van der Waals surface area contributed by atoms with Crippen molar-refractivity contribution in [3.05, 3.63) is 114 Å². The standard InChI is InChI=1S/C28H24N2O3/c1-29-18-22(21-14-8-9-15-23(21)29)26-25(24(31)17-16-19-10-4-2-5-11-19)27(32)28(33)30(26)20-12-6-3-7-13-20/h2-15,18,26,32H,16-17H2,1H3. The van der Waals surface area contributed by atoms with E-state index in [1.807, 2.05) is 103 Å². The van der Waals surface area contributed by atoms with Gasteiger partial charge in [-0.2, -0.15) is 0 Å². The summed E-state index contributed by atoms with van der Waals surface area (Å²) in [6, 6.07) is 26.1. The number of aromatic nitrogens is 1. The van der Waals surface area contributed by atoms with Crippen molar-refractivity contribution in [3.8, 4) is 0 Å². The van der Waals surface area contributed by atoms with E-state index in [0.717, 1.165) is 22.0 Å². The van der Waals surface area contributed by atoms with Gasteiger partial charge in [-0.3, -0.25) is 14.5 Å². The zero-order valence-corrected chi connectivity index (χ0v) is 18.3. The largest absolute Gasteiger partial charge is 0.503 e. The van der Waals surface area contributed by atoms with Crippen LogP contribution in [-0.4, -0.2) is 21.4 Å². The summed E-state index contributed by atoms with van der Waals surface area (Å²) in [6.07, 6.45) is 2.69. The first-order chi connectivity index (χ1) is 16.1. The Balaban J connectivity index is 1.61. The Hall–Kier alpha value is -4.12. The highest BCUT2D eigenvalue weighted by Crippen LogP contribution is 2.43. The Bertz CT molecular complexity index is 1370. The summed E-state index contributed by atoms with van der Waals surface area (Å²) < 4.78 is 1.99. The van der Waals surface area contributed by atoms with Crippen molar-refractivity contribution in [1.29, 1.82) is 0 Å². The first kappa shape index (κ1) is 20.8. The maximum atomic E-state index is 13.5. The zero-order chi connectivity index (χ0) is 22.9. The number of hydrogen-bond acceptors (Lipinski definition) is 3. The zero-order valence-electron chi connectivity index (χ0n) is 18.3. The van der Waals surface area contributed by atoms with Crippen LogP contribution in [0.5, 0.6) is 0 Å². The SMILES string of the molecule is Cn1cc(C2C(C(=O)CCc3ccccc3)=C(O)C(=O)N2c2ccccc2)c2ccccc21. The van der Waals surface area contributed by atoms with Gasteiger partial charge in [0.1, 0.15) is 0 Å². The fourth-order valence-electron chi connectivity index (χ4n) is 4.67. The Labute approximate surface area is 192 Å². The molecular weight excluding hydrogens is 412 g/mol. The van der Waals surface area contributed by atoms with Gasteiger partial charge in [-0.1, -0.05) is 66.7 Å². The lowest BCUT2D eigenvalue weighted by atomic mass is 9.92. The number of anilines is 1. The van der Waals surface area contributed by atoms with E-state index in [9.17, 15) is 14.7 Å². The fourth-order valence-corrected chi connectivity index (χ4v) is 4.67. The summed E-state index contributed by atoms with van der Waals surface area (Å²) in [5, 5.41) is 11.9. The van der Waals surface area contributed by atoms with Gasteiger partial charge in [-0.25, -0.2) is 0 Å². The van der Waals surface area contributed by atoms with Gasteiger partial charge in [0.2, 0.25) is 0 Å². The van der Waals surface area contributed by atoms with Crippen LogP contribution in [0.25, 0.3) is 10.9 Å². The maximum absolute atomic E-state index is 13.5. The van der Waals surface area contributed by atoms with E-state index in [-0.39, 0.29) is 17.8 Å². The molecule has 0 saturated heterocycles. The molecule has 164 valence electrons. The molecule has 3 aromatic carbocycles. The maximum Gasteiger partial charge on any atom is 0.294 e. The van der Waals surface area contributed by atoms with Crippen LogP contribution in [0.1, 0.15) is 23.6 Å². The molecule has 1 aliphatic heterocycles. The number of aryl methyl sites for hydroxylation is 2.